The third kappa shape index (κ3) is 1.46. The van der Waals surface area contributed by atoms with E-state index in [0.717, 1.165) is 0 Å². The number of aliphatic hydroxyl groups excluding tert-OH is 1. The molecule has 0 fully saturated rings. The summed E-state index contributed by atoms with van der Waals surface area (Å²) in [4.78, 5) is 22.3. The summed E-state index contributed by atoms with van der Waals surface area (Å²) in [5.74, 6) is -1.11. The number of cyclic esters (lactones) is 1. The first-order chi connectivity index (χ1) is 7.13. The predicted molar refractivity (Wildman–Crippen MR) is 48.2 cm³/mol. The molecule has 1 unspecified atom stereocenters. The van der Waals surface area contributed by atoms with Crippen molar-refractivity contribution in [2.24, 2.45) is 0 Å². The third-order valence-corrected chi connectivity index (χ3v) is 2.18. The molecule has 1 aromatic rings. The molecule has 0 radical (unpaired) electrons. The third-order valence-electron chi connectivity index (χ3n) is 2.18. The van der Waals surface area contributed by atoms with Gasteiger partial charge in [-0.2, -0.15) is 0 Å². The minimum atomic E-state index is -1.29. The zero-order valence-corrected chi connectivity index (χ0v) is 7.89. The summed E-state index contributed by atoms with van der Waals surface area (Å²) in [6.07, 6.45) is -1.29. The zero-order chi connectivity index (χ0) is 11.0. The van der Waals surface area contributed by atoms with E-state index in [9.17, 15) is 14.7 Å². The van der Waals surface area contributed by atoms with Gasteiger partial charge >= 0.3 is 11.9 Å². The monoisotopic (exact) mass is 208 g/mol. The molecule has 78 valence electrons. The average Bonchev–Trinajstić information content (AvgIpc) is 2.53. The Hall–Kier alpha value is -1.88. The summed E-state index contributed by atoms with van der Waals surface area (Å²) < 4.78 is 9.08. The number of carbonyl (C=O) groups is 2. The predicted octanol–water partition coefficient (Wildman–Crippen LogP) is 0.634. The summed E-state index contributed by atoms with van der Waals surface area (Å²) in [7, 11) is 1.26. The summed E-state index contributed by atoms with van der Waals surface area (Å²) >= 11 is 0. The van der Waals surface area contributed by atoms with E-state index in [0.29, 0.717) is 5.56 Å². The van der Waals surface area contributed by atoms with Crippen LogP contribution in [0.5, 0.6) is 0 Å². The number of carbonyl (C=O) groups excluding carboxylic acids is 2. The minimum Gasteiger partial charge on any atom is -0.465 e. The Bertz CT molecular complexity index is 437. The first-order valence-corrected chi connectivity index (χ1v) is 4.25. The second kappa shape index (κ2) is 3.36. The van der Waals surface area contributed by atoms with Gasteiger partial charge in [-0.15, -0.1) is 0 Å². The lowest BCUT2D eigenvalue weighted by Crippen LogP contribution is -2.03. The summed E-state index contributed by atoms with van der Waals surface area (Å²) in [5.41, 5.74) is 0.839. The van der Waals surface area contributed by atoms with Crippen LogP contribution in [0.4, 0.5) is 0 Å². The van der Waals surface area contributed by atoms with Crippen molar-refractivity contribution in [2.75, 3.05) is 7.11 Å². The van der Waals surface area contributed by atoms with Gasteiger partial charge in [0.2, 0.25) is 6.29 Å². The normalized spacial score (nSPS) is 18.3. The molecule has 2 rings (SSSR count). The minimum absolute atomic E-state index is 0.272. The van der Waals surface area contributed by atoms with Gasteiger partial charge < -0.3 is 14.6 Å². The Labute approximate surface area is 85.2 Å². The van der Waals surface area contributed by atoms with Crippen molar-refractivity contribution in [3.8, 4) is 0 Å². The average molecular weight is 208 g/mol. The van der Waals surface area contributed by atoms with E-state index in [-0.39, 0.29) is 11.1 Å². The van der Waals surface area contributed by atoms with Crippen molar-refractivity contribution in [1.29, 1.82) is 0 Å². The van der Waals surface area contributed by atoms with Crippen LogP contribution in [0, 0.1) is 0 Å². The highest BCUT2D eigenvalue weighted by atomic mass is 16.6. The van der Waals surface area contributed by atoms with Crippen LogP contribution in [-0.4, -0.2) is 24.2 Å². The van der Waals surface area contributed by atoms with Crippen LogP contribution in [0.3, 0.4) is 0 Å². The van der Waals surface area contributed by atoms with Crippen LogP contribution in [0.1, 0.15) is 32.6 Å². The number of ether oxygens (including phenoxy) is 2. The van der Waals surface area contributed by atoms with Gasteiger partial charge in [-0.1, -0.05) is 0 Å². The Kier molecular flexibility index (Phi) is 2.17. The maximum atomic E-state index is 11.2. The van der Waals surface area contributed by atoms with Crippen LogP contribution in [0.15, 0.2) is 18.2 Å². The van der Waals surface area contributed by atoms with Crippen molar-refractivity contribution in [3.05, 3.63) is 34.9 Å². The van der Waals surface area contributed by atoms with Crippen molar-refractivity contribution in [1.82, 2.24) is 0 Å². The number of rotatable bonds is 1. The molecule has 5 nitrogen and oxygen atoms in total. The molecule has 0 saturated heterocycles. The quantitative estimate of drug-likeness (QED) is 0.685. The Morgan fingerprint density at radius 2 is 2.27 bits per heavy atom. The Balaban J connectivity index is 2.47. The highest BCUT2D eigenvalue weighted by molar-refractivity contribution is 5.96. The van der Waals surface area contributed by atoms with E-state index in [1.165, 1.54) is 25.3 Å². The largest absolute Gasteiger partial charge is 0.465 e. The van der Waals surface area contributed by atoms with Crippen LogP contribution in [0.2, 0.25) is 0 Å². The van der Waals surface area contributed by atoms with Crippen LogP contribution >= 0.6 is 0 Å². The maximum Gasteiger partial charge on any atom is 0.341 e. The van der Waals surface area contributed by atoms with E-state index < -0.39 is 18.2 Å². The van der Waals surface area contributed by atoms with Gasteiger partial charge in [-0.05, 0) is 18.2 Å². The number of methoxy groups -OCH3 is 1. The molecule has 1 aliphatic rings. The van der Waals surface area contributed by atoms with E-state index in [1.54, 1.807) is 0 Å². The fourth-order valence-corrected chi connectivity index (χ4v) is 1.43. The van der Waals surface area contributed by atoms with Crippen molar-refractivity contribution < 1.29 is 24.2 Å². The molecule has 15 heavy (non-hydrogen) atoms. The molecule has 1 aromatic carbocycles. The highest BCUT2D eigenvalue weighted by Gasteiger charge is 2.30. The smallest absolute Gasteiger partial charge is 0.341 e. The molecule has 1 aliphatic heterocycles. The zero-order valence-electron chi connectivity index (χ0n) is 7.89. The molecular formula is C10H8O5. The van der Waals surface area contributed by atoms with E-state index in [2.05, 4.69) is 9.47 Å². The molecule has 0 saturated carbocycles. The standard InChI is InChI=1S/C10H8O5/c1-14-8(11)5-2-3-6-7(4-5)10(13)15-9(6)12/h2-4,10,13H,1H3. The second-order valence-corrected chi connectivity index (χ2v) is 3.05. The van der Waals surface area contributed by atoms with Crippen molar-refractivity contribution >= 4 is 11.9 Å². The lowest BCUT2D eigenvalue weighted by Gasteiger charge is -2.03. The van der Waals surface area contributed by atoms with Crippen LogP contribution in [0.25, 0.3) is 0 Å². The van der Waals surface area contributed by atoms with Gasteiger partial charge in [-0.25, -0.2) is 9.59 Å². The fourth-order valence-electron chi connectivity index (χ4n) is 1.43. The van der Waals surface area contributed by atoms with Crippen LogP contribution in [-0.2, 0) is 9.47 Å². The van der Waals surface area contributed by atoms with Crippen molar-refractivity contribution in [3.63, 3.8) is 0 Å². The lowest BCUT2D eigenvalue weighted by molar-refractivity contribution is -0.0547. The van der Waals surface area contributed by atoms with Gasteiger partial charge in [-0.3, -0.25) is 0 Å². The maximum absolute atomic E-state index is 11.2. The molecule has 1 atom stereocenters. The molecule has 0 bridgehead atoms. The first-order valence-electron chi connectivity index (χ1n) is 4.25. The van der Waals surface area contributed by atoms with Crippen molar-refractivity contribution in [2.45, 2.75) is 6.29 Å². The van der Waals surface area contributed by atoms with Gasteiger partial charge in [0, 0.05) is 5.56 Å². The molecule has 0 spiro atoms. The molecule has 0 aromatic heterocycles. The SMILES string of the molecule is COC(=O)c1ccc2c(c1)C(O)OC2=O. The first kappa shape index (κ1) is 9.67. The number of benzene rings is 1. The summed E-state index contributed by atoms with van der Waals surface area (Å²) in [6.45, 7) is 0. The topological polar surface area (TPSA) is 72.8 Å². The van der Waals surface area contributed by atoms with E-state index in [4.69, 9.17) is 0 Å². The molecule has 1 N–H and O–H groups in total. The molecule has 5 heteroatoms. The Morgan fingerprint density at radius 3 is 2.93 bits per heavy atom. The fraction of sp³-hybridized carbons (Fsp3) is 0.200. The molecular weight excluding hydrogens is 200 g/mol. The van der Waals surface area contributed by atoms with Gasteiger partial charge in [0.25, 0.3) is 0 Å². The van der Waals surface area contributed by atoms with Gasteiger partial charge in [0.15, 0.2) is 0 Å². The number of esters is 2. The number of hydrogen-bond donors (Lipinski definition) is 1. The summed E-state index contributed by atoms with van der Waals surface area (Å²) in [6, 6.07) is 4.26. The lowest BCUT2D eigenvalue weighted by atomic mass is 10.1. The molecule has 1 heterocycles. The Morgan fingerprint density at radius 1 is 1.53 bits per heavy atom. The van der Waals surface area contributed by atoms with E-state index in [1.807, 2.05) is 0 Å². The van der Waals surface area contributed by atoms with Crippen LogP contribution < -0.4 is 0 Å². The number of hydrogen-bond acceptors (Lipinski definition) is 5. The van der Waals surface area contributed by atoms with Gasteiger partial charge in [0.05, 0.1) is 18.2 Å². The summed E-state index contributed by atoms with van der Waals surface area (Å²) in [5, 5.41) is 9.34. The number of aliphatic hydroxyl groups is 1. The molecule has 0 aliphatic carbocycles. The molecule has 0 amide bonds. The highest BCUT2D eigenvalue weighted by Crippen LogP contribution is 2.29. The van der Waals surface area contributed by atoms with Gasteiger partial charge in [0.1, 0.15) is 0 Å². The van der Waals surface area contributed by atoms with E-state index >= 15 is 0 Å². The number of fused-ring (bicyclic) bond motifs is 1. The second-order valence-electron chi connectivity index (χ2n) is 3.05.